The summed E-state index contributed by atoms with van der Waals surface area (Å²) < 4.78 is 1.44. The molecular formula is C18H16ClN7O2. The lowest BCUT2D eigenvalue weighted by molar-refractivity contribution is 0.0937. The summed E-state index contributed by atoms with van der Waals surface area (Å²) in [6.07, 6.45) is 3.36. The molecule has 28 heavy (non-hydrogen) atoms. The molecule has 1 aliphatic heterocycles. The van der Waals surface area contributed by atoms with Crippen molar-refractivity contribution in [2.75, 3.05) is 5.73 Å². The van der Waals surface area contributed by atoms with Crippen molar-refractivity contribution in [2.24, 2.45) is 0 Å². The maximum Gasteiger partial charge on any atom is 0.274 e. The van der Waals surface area contributed by atoms with Gasteiger partial charge in [0, 0.05) is 24.8 Å². The summed E-state index contributed by atoms with van der Waals surface area (Å²) in [7, 11) is 0. The van der Waals surface area contributed by atoms with Gasteiger partial charge in [-0.3, -0.25) is 9.59 Å². The van der Waals surface area contributed by atoms with Crippen LogP contribution in [0.25, 0.3) is 5.82 Å². The number of nitrogens with zero attached hydrogens (tertiary/aromatic N) is 4. The standard InChI is InChI=1S/C18H16ClN7O2/c1-9-5-23-26(8-9)16-14(19)24-13(15(20)25-16)18(28)22-7-11-4-2-3-10-6-21-17(27)12(10)11/h2-5,8H,6-7H2,1H3,(H2,20,25)(H,21,27)(H,22,28). The molecule has 0 saturated heterocycles. The molecule has 1 aromatic carbocycles. The lowest BCUT2D eigenvalue weighted by Crippen LogP contribution is -2.27. The predicted molar refractivity (Wildman–Crippen MR) is 102 cm³/mol. The number of nitrogens with two attached hydrogens (primary N) is 1. The van der Waals surface area contributed by atoms with Gasteiger partial charge in [0.25, 0.3) is 11.8 Å². The average Bonchev–Trinajstić information content (AvgIpc) is 3.27. The Hall–Kier alpha value is -3.46. The number of nitrogens with one attached hydrogen (secondary N) is 2. The smallest absolute Gasteiger partial charge is 0.274 e. The van der Waals surface area contributed by atoms with Crippen molar-refractivity contribution in [2.45, 2.75) is 20.0 Å². The van der Waals surface area contributed by atoms with E-state index in [-0.39, 0.29) is 34.9 Å². The third-order valence-electron chi connectivity index (χ3n) is 4.35. The van der Waals surface area contributed by atoms with Crippen LogP contribution in [0.15, 0.2) is 30.6 Å². The molecule has 0 radical (unpaired) electrons. The number of aromatic nitrogens is 4. The minimum atomic E-state index is -0.536. The maximum absolute atomic E-state index is 12.5. The van der Waals surface area contributed by atoms with Crippen molar-refractivity contribution in [1.82, 2.24) is 30.4 Å². The second-order valence-corrected chi connectivity index (χ2v) is 6.71. The third-order valence-corrected chi connectivity index (χ3v) is 4.60. The van der Waals surface area contributed by atoms with Gasteiger partial charge >= 0.3 is 0 Å². The fraction of sp³-hybridized carbons (Fsp3) is 0.167. The van der Waals surface area contributed by atoms with E-state index >= 15 is 0 Å². The van der Waals surface area contributed by atoms with E-state index in [0.717, 1.165) is 11.1 Å². The number of aryl methyl sites for hydroxylation is 1. The number of benzene rings is 1. The molecule has 2 amide bonds. The zero-order chi connectivity index (χ0) is 19.8. The van der Waals surface area contributed by atoms with E-state index < -0.39 is 5.91 Å². The van der Waals surface area contributed by atoms with Crippen LogP contribution in [-0.4, -0.2) is 31.6 Å². The van der Waals surface area contributed by atoms with E-state index in [1.807, 2.05) is 19.1 Å². The number of rotatable bonds is 4. The molecule has 1 aliphatic rings. The quantitative estimate of drug-likeness (QED) is 0.610. The Morgan fingerprint density at radius 1 is 1.39 bits per heavy atom. The SMILES string of the molecule is Cc1cnn(-c2nc(N)c(C(=O)NCc3cccc4c3C(=O)NC4)nc2Cl)c1. The molecular weight excluding hydrogens is 382 g/mol. The highest BCUT2D eigenvalue weighted by Crippen LogP contribution is 2.21. The van der Waals surface area contributed by atoms with E-state index in [0.29, 0.717) is 17.7 Å². The monoisotopic (exact) mass is 397 g/mol. The fourth-order valence-corrected chi connectivity index (χ4v) is 3.24. The van der Waals surface area contributed by atoms with E-state index in [1.54, 1.807) is 18.5 Å². The summed E-state index contributed by atoms with van der Waals surface area (Å²) in [6, 6.07) is 5.50. The minimum absolute atomic E-state index is 0.00225. The second-order valence-electron chi connectivity index (χ2n) is 6.35. The van der Waals surface area contributed by atoms with Gasteiger partial charge in [-0.1, -0.05) is 29.8 Å². The van der Waals surface area contributed by atoms with Crippen molar-refractivity contribution in [3.05, 3.63) is 63.7 Å². The molecule has 3 aromatic rings. The number of halogens is 1. The van der Waals surface area contributed by atoms with Crippen LogP contribution in [0.4, 0.5) is 5.82 Å². The number of fused-ring (bicyclic) bond motifs is 1. The van der Waals surface area contributed by atoms with Crippen LogP contribution < -0.4 is 16.4 Å². The molecule has 0 unspecified atom stereocenters. The zero-order valence-corrected chi connectivity index (χ0v) is 15.6. The molecule has 4 rings (SSSR count). The Labute approximate surface area is 164 Å². The van der Waals surface area contributed by atoms with Crippen LogP contribution >= 0.6 is 11.6 Å². The van der Waals surface area contributed by atoms with Gasteiger partial charge in [0.05, 0.1) is 6.20 Å². The highest BCUT2D eigenvalue weighted by Gasteiger charge is 2.23. The van der Waals surface area contributed by atoms with Gasteiger partial charge in [-0.2, -0.15) is 5.10 Å². The molecule has 4 N–H and O–H groups in total. The van der Waals surface area contributed by atoms with Gasteiger partial charge in [0.1, 0.15) is 0 Å². The number of anilines is 1. The molecule has 0 bridgehead atoms. The van der Waals surface area contributed by atoms with Crippen LogP contribution in [0.1, 0.15) is 37.5 Å². The summed E-state index contributed by atoms with van der Waals surface area (Å²) in [6.45, 7) is 2.50. The lowest BCUT2D eigenvalue weighted by Gasteiger charge is -2.11. The van der Waals surface area contributed by atoms with Gasteiger partial charge in [-0.05, 0) is 23.6 Å². The summed E-state index contributed by atoms with van der Waals surface area (Å²) in [5, 5.41) is 9.60. The first-order valence-corrected chi connectivity index (χ1v) is 8.83. The topological polar surface area (TPSA) is 128 Å². The van der Waals surface area contributed by atoms with E-state index in [1.165, 1.54) is 4.68 Å². The Morgan fingerprint density at radius 3 is 2.96 bits per heavy atom. The highest BCUT2D eigenvalue weighted by atomic mass is 35.5. The number of amides is 2. The summed E-state index contributed by atoms with van der Waals surface area (Å²) in [4.78, 5) is 32.8. The van der Waals surface area contributed by atoms with Crippen molar-refractivity contribution >= 4 is 29.2 Å². The predicted octanol–water partition coefficient (Wildman–Crippen LogP) is 1.38. The van der Waals surface area contributed by atoms with Crippen LogP contribution in [0.5, 0.6) is 0 Å². The van der Waals surface area contributed by atoms with Gasteiger partial charge in [-0.25, -0.2) is 14.6 Å². The highest BCUT2D eigenvalue weighted by molar-refractivity contribution is 6.31. The Kier molecular flexibility index (Phi) is 4.44. The summed E-state index contributed by atoms with van der Waals surface area (Å²) in [5.41, 5.74) is 8.94. The Bertz CT molecular complexity index is 1110. The van der Waals surface area contributed by atoms with Crippen molar-refractivity contribution in [3.63, 3.8) is 0 Å². The number of nitrogen functional groups attached to an aromatic ring is 1. The molecule has 10 heteroatoms. The molecule has 2 aromatic heterocycles. The first-order valence-electron chi connectivity index (χ1n) is 8.46. The average molecular weight is 398 g/mol. The molecule has 0 saturated carbocycles. The van der Waals surface area contributed by atoms with E-state index in [9.17, 15) is 9.59 Å². The summed E-state index contributed by atoms with van der Waals surface area (Å²) in [5.74, 6) is -0.519. The fourth-order valence-electron chi connectivity index (χ4n) is 3.02. The molecule has 0 aliphatic carbocycles. The molecule has 9 nitrogen and oxygen atoms in total. The normalized spacial score (nSPS) is 12.6. The third kappa shape index (κ3) is 3.16. The molecule has 0 fully saturated rings. The number of carbonyl (C=O) groups excluding carboxylic acids is 2. The molecule has 0 spiro atoms. The molecule has 142 valence electrons. The van der Waals surface area contributed by atoms with Crippen LogP contribution in [0.2, 0.25) is 5.15 Å². The minimum Gasteiger partial charge on any atom is -0.382 e. The molecule has 0 atom stereocenters. The van der Waals surface area contributed by atoms with Gasteiger partial charge in [-0.15, -0.1) is 0 Å². The van der Waals surface area contributed by atoms with Crippen LogP contribution in [0.3, 0.4) is 0 Å². The summed E-state index contributed by atoms with van der Waals surface area (Å²) >= 11 is 6.18. The van der Waals surface area contributed by atoms with Gasteiger partial charge in [0.15, 0.2) is 22.5 Å². The Balaban J connectivity index is 1.56. The van der Waals surface area contributed by atoms with Gasteiger partial charge < -0.3 is 16.4 Å². The van der Waals surface area contributed by atoms with Crippen molar-refractivity contribution in [1.29, 1.82) is 0 Å². The van der Waals surface area contributed by atoms with E-state index in [4.69, 9.17) is 17.3 Å². The first-order chi connectivity index (χ1) is 13.4. The number of hydrogen-bond acceptors (Lipinski definition) is 6. The van der Waals surface area contributed by atoms with Crippen LogP contribution in [0, 0.1) is 6.92 Å². The number of hydrogen-bond donors (Lipinski definition) is 3. The zero-order valence-electron chi connectivity index (χ0n) is 14.9. The maximum atomic E-state index is 12.5. The Morgan fingerprint density at radius 2 is 2.21 bits per heavy atom. The largest absolute Gasteiger partial charge is 0.382 e. The van der Waals surface area contributed by atoms with E-state index in [2.05, 4.69) is 25.7 Å². The number of carbonyl (C=O) groups is 2. The van der Waals surface area contributed by atoms with Crippen LogP contribution in [-0.2, 0) is 13.1 Å². The molecule has 3 heterocycles. The van der Waals surface area contributed by atoms with Gasteiger partial charge in [0.2, 0.25) is 0 Å². The van der Waals surface area contributed by atoms with Crippen molar-refractivity contribution in [3.8, 4) is 5.82 Å². The van der Waals surface area contributed by atoms with Crippen molar-refractivity contribution < 1.29 is 9.59 Å². The first kappa shape index (κ1) is 17.9. The lowest BCUT2D eigenvalue weighted by atomic mass is 10.0. The second kappa shape index (κ2) is 6.93.